The van der Waals surface area contributed by atoms with Crippen LogP contribution in [-0.4, -0.2) is 115 Å². The van der Waals surface area contributed by atoms with E-state index >= 15 is 0 Å². The number of carboxylic acid groups (broad SMARTS) is 1. The molecular formula is C48H57N9O7S2. The van der Waals surface area contributed by atoms with Crippen LogP contribution in [0.1, 0.15) is 104 Å². The van der Waals surface area contributed by atoms with Crippen molar-refractivity contribution in [1.29, 1.82) is 0 Å². The van der Waals surface area contributed by atoms with Crippen molar-refractivity contribution in [3.63, 3.8) is 0 Å². The van der Waals surface area contributed by atoms with E-state index in [1.54, 1.807) is 22.7 Å². The highest BCUT2D eigenvalue weighted by molar-refractivity contribution is 7.15. The number of β-amino-alcohol motifs (C(OH)–C–C–N with tert-alkyl or cyclic N) is 1. The van der Waals surface area contributed by atoms with Crippen LogP contribution >= 0.6 is 22.7 Å². The zero-order chi connectivity index (χ0) is 47.2. The van der Waals surface area contributed by atoms with Crippen molar-refractivity contribution < 1.29 is 34.1 Å². The molecule has 2 unspecified atom stereocenters. The van der Waals surface area contributed by atoms with Crippen molar-refractivity contribution in [3.05, 3.63) is 98.5 Å². The number of fused-ring (bicyclic) bond motifs is 3. The molecule has 3 aliphatic rings. The molecule has 18 heteroatoms. The molecular weight excluding hydrogens is 879 g/mol. The molecule has 0 bridgehead atoms. The molecule has 2 fully saturated rings. The third kappa shape index (κ3) is 9.54. The number of anilines is 1. The number of aromatic nitrogens is 4. The van der Waals surface area contributed by atoms with Crippen LogP contribution in [0.5, 0.6) is 0 Å². The Balaban J connectivity index is 0.881. The maximum atomic E-state index is 14.2. The minimum Gasteiger partial charge on any atom is -0.481 e. The Morgan fingerprint density at radius 3 is 2.33 bits per heavy atom. The van der Waals surface area contributed by atoms with Crippen molar-refractivity contribution in [1.82, 2.24) is 35.3 Å². The Kier molecular flexibility index (Phi) is 13.3. The quantitative estimate of drug-likeness (QED) is 0.108. The van der Waals surface area contributed by atoms with Crippen LogP contribution in [0.2, 0.25) is 0 Å². The average Bonchev–Trinajstić information content (AvgIpc) is 4.12. The number of nitrogens with one attached hydrogen (secondary N) is 2. The normalized spacial score (nSPS) is 20.3. The number of nitrogens with zero attached hydrogens (tertiary/aromatic N) is 7. The van der Waals surface area contributed by atoms with Gasteiger partial charge in [-0.15, -0.1) is 32.9 Å². The summed E-state index contributed by atoms with van der Waals surface area (Å²) in [5.41, 5.74) is 8.55. The number of benzene rings is 2. The molecule has 348 valence electrons. The number of hydrogen-bond donors (Lipinski definition) is 4. The first-order valence-corrected chi connectivity index (χ1v) is 24.0. The molecule has 2 aromatic carbocycles. The Labute approximate surface area is 392 Å². The van der Waals surface area contributed by atoms with Crippen molar-refractivity contribution >= 4 is 57.8 Å². The smallest absolute Gasteiger partial charge is 0.306 e. The average molecular weight is 936 g/mol. The molecule has 0 spiro atoms. The number of hydrogen-bond acceptors (Lipinski definition) is 13. The zero-order valence-corrected chi connectivity index (χ0v) is 40.1. The third-order valence-electron chi connectivity index (χ3n) is 12.8. The summed E-state index contributed by atoms with van der Waals surface area (Å²) in [6, 6.07) is 13.0. The molecule has 8 rings (SSSR count). The van der Waals surface area contributed by atoms with Gasteiger partial charge >= 0.3 is 5.97 Å². The number of likely N-dealkylation sites (tertiary alicyclic amines) is 1. The van der Waals surface area contributed by atoms with Crippen molar-refractivity contribution in [2.24, 2.45) is 10.4 Å². The molecule has 0 saturated carbocycles. The number of amides is 3. The van der Waals surface area contributed by atoms with Crippen LogP contribution in [0.15, 0.2) is 59.0 Å². The molecule has 3 amide bonds. The summed E-state index contributed by atoms with van der Waals surface area (Å²) in [4.78, 5) is 68.7. The van der Waals surface area contributed by atoms with E-state index in [9.17, 15) is 29.4 Å². The fourth-order valence-electron chi connectivity index (χ4n) is 9.03. The van der Waals surface area contributed by atoms with Gasteiger partial charge in [0.15, 0.2) is 5.82 Å². The molecule has 3 aromatic heterocycles. The second-order valence-electron chi connectivity index (χ2n) is 18.6. The Hall–Kier alpha value is -5.82. The summed E-state index contributed by atoms with van der Waals surface area (Å²) >= 11 is 3.19. The fraction of sp³-hybridized carbons (Fsp3) is 0.458. The molecule has 5 aromatic rings. The molecule has 0 radical (unpaired) electrons. The van der Waals surface area contributed by atoms with Gasteiger partial charge in [-0.1, -0.05) is 57.2 Å². The van der Waals surface area contributed by atoms with Crippen molar-refractivity contribution in [2.75, 3.05) is 31.1 Å². The molecule has 66 heavy (non-hydrogen) atoms. The van der Waals surface area contributed by atoms with Crippen LogP contribution in [0.25, 0.3) is 15.4 Å². The Morgan fingerprint density at radius 1 is 0.955 bits per heavy atom. The number of thiophene rings is 1. The SMILES string of the molecule is Cc1ncsc1-c1ccc(C(C)NC(=O)[C@@H]2C[C@@H](O)CN2C(=O)C(NC(=O)CO[C@@H]2CCN(c3ccc(C4=N[C@@H](CC(=O)O)c5nnc(C)n5-c5sc(C)c(C)c54)cc3)C2)C(C)(C)C)cc1. The first kappa shape index (κ1) is 46.7. The highest BCUT2D eigenvalue weighted by Gasteiger charge is 2.45. The monoisotopic (exact) mass is 935 g/mol. The molecule has 6 atom stereocenters. The van der Waals surface area contributed by atoms with Gasteiger partial charge in [-0.05, 0) is 75.3 Å². The van der Waals surface area contributed by atoms with Crippen LogP contribution in [-0.2, 0) is 23.9 Å². The van der Waals surface area contributed by atoms with E-state index < -0.39 is 47.4 Å². The third-order valence-corrected chi connectivity index (χ3v) is 14.9. The molecule has 2 saturated heterocycles. The largest absolute Gasteiger partial charge is 0.481 e. The zero-order valence-electron chi connectivity index (χ0n) is 38.5. The van der Waals surface area contributed by atoms with E-state index in [2.05, 4.69) is 44.6 Å². The maximum Gasteiger partial charge on any atom is 0.306 e. The minimum atomic E-state index is -0.981. The lowest BCUT2D eigenvalue weighted by Gasteiger charge is -2.35. The van der Waals surface area contributed by atoms with Gasteiger partial charge in [0.25, 0.3) is 0 Å². The summed E-state index contributed by atoms with van der Waals surface area (Å²) in [7, 11) is 0. The number of thiazole rings is 1. The highest BCUT2D eigenvalue weighted by Crippen LogP contribution is 2.40. The lowest BCUT2D eigenvalue weighted by molar-refractivity contribution is -0.145. The lowest BCUT2D eigenvalue weighted by atomic mass is 9.85. The Bertz CT molecular complexity index is 2670. The van der Waals surface area contributed by atoms with Crippen molar-refractivity contribution in [2.45, 2.75) is 111 Å². The molecule has 4 N–H and O–H groups in total. The second-order valence-corrected chi connectivity index (χ2v) is 20.6. The molecule has 3 aliphatic heterocycles. The summed E-state index contributed by atoms with van der Waals surface area (Å²) in [5.74, 6) is -1.06. The Morgan fingerprint density at radius 2 is 1.67 bits per heavy atom. The minimum absolute atomic E-state index is 0.0247. The van der Waals surface area contributed by atoms with Gasteiger partial charge in [0.2, 0.25) is 17.7 Å². The van der Waals surface area contributed by atoms with E-state index in [1.165, 1.54) is 4.90 Å². The predicted octanol–water partition coefficient (Wildman–Crippen LogP) is 6.02. The number of rotatable bonds is 13. The van der Waals surface area contributed by atoms with Gasteiger partial charge in [-0.25, -0.2) is 4.98 Å². The van der Waals surface area contributed by atoms with Gasteiger partial charge in [-0.3, -0.25) is 28.7 Å². The standard InChI is InChI=1S/C48H57N9O7S2/c1-25-28(4)66-47-40(25)41(51-36(20-39(60)61)44-54-53-29(5)57(44)47)31-13-15-33(16-14-31)55-18-17-35(22-55)64-23-38(59)52-43(48(6,7)8)46(63)56-21-34(58)19-37(56)45(62)50-26(2)30-9-11-32(12-10-30)42-27(3)49-24-65-42/h9-16,24,26,34-37,43,58H,17-23H2,1-8H3,(H,50,62)(H,52,59)(H,60,61)/t26?,34-,35-,36+,37+,43?/m1/s1. The van der Waals surface area contributed by atoms with E-state index in [0.717, 1.165) is 54.0 Å². The van der Waals surface area contributed by atoms with Crippen LogP contribution in [0, 0.1) is 33.1 Å². The topological polar surface area (TPSA) is 204 Å². The van der Waals surface area contributed by atoms with E-state index in [-0.39, 0.29) is 44.0 Å². The highest BCUT2D eigenvalue weighted by atomic mass is 32.1. The number of carbonyl (C=O) groups excluding carboxylic acids is 3. The van der Waals surface area contributed by atoms with E-state index in [1.807, 2.05) is 100 Å². The number of aryl methyl sites for hydroxylation is 3. The summed E-state index contributed by atoms with van der Waals surface area (Å²) < 4.78 is 8.07. The number of aliphatic hydroxyl groups is 1. The van der Waals surface area contributed by atoms with Crippen LogP contribution in [0.3, 0.4) is 0 Å². The second kappa shape index (κ2) is 18.8. The lowest BCUT2D eigenvalue weighted by Crippen LogP contribution is -2.58. The van der Waals surface area contributed by atoms with Gasteiger partial charge in [-0.2, -0.15) is 0 Å². The predicted molar refractivity (Wildman–Crippen MR) is 253 cm³/mol. The summed E-state index contributed by atoms with van der Waals surface area (Å²) in [6.45, 7) is 16.4. The maximum absolute atomic E-state index is 14.2. The van der Waals surface area contributed by atoms with Crippen molar-refractivity contribution in [3.8, 4) is 15.4 Å². The first-order chi connectivity index (χ1) is 31.4. The molecule has 16 nitrogen and oxygen atoms in total. The number of aliphatic hydroxyl groups excluding tert-OH is 1. The van der Waals surface area contributed by atoms with Gasteiger partial charge < -0.3 is 35.4 Å². The number of aliphatic carboxylic acids is 1. The molecule has 0 aliphatic carbocycles. The number of ether oxygens (including phenoxy) is 1. The van der Waals surface area contributed by atoms with Crippen LogP contribution < -0.4 is 15.5 Å². The fourth-order valence-corrected chi connectivity index (χ4v) is 11.1. The van der Waals surface area contributed by atoms with Gasteiger partial charge in [0.1, 0.15) is 35.6 Å². The summed E-state index contributed by atoms with van der Waals surface area (Å²) in [6.07, 6.45) is -0.575. The van der Waals surface area contributed by atoms with E-state index in [4.69, 9.17) is 9.73 Å². The van der Waals surface area contributed by atoms with Gasteiger partial charge in [0.05, 0.1) is 46.5 Å². The molecule has 6 heterocycles. The van der Waals surface area contributed by atoms with Gasteiger partial charge in [0, 0.05) is 47.7 Å². The van der Waals surface area contributed by atoms with E-state index in [0.29, 0.717) is 36.9 Å². The summed E-state index contributed by atoms with van der Waals surface area (Å²) in [5, 5.41) is 36.0. The number of carboxylic acids is 1. The first-order valence-electron chi connectivity index (χ1n) is 22.3. The number of carbonyl (C=O) groups is 4. The number of aliphatic imine (C=N–C) groups is 1. The van der Waals surface area contributed by atoms with Crippen LogP contribution in [0.4, 0.5) is 5.69 Å².